The number of nitrogens with zero attached hydrogens (tertiary/aromatic N) is 3. The van der Waals surface area contributed by atoms with Crippen molar-refractivity contribution in [3.8, 4) is 0 Å². The topological polar surface area (TPSA) is 59.8 Å². The molecule has 5 nitrogen and oxygen atoms in total. The quantitative estimate of drug-likeness (QED) is 0.737. The van der Waals surface area contributed by atoms with E-state index in [1.54, 1.807) is 22.9 Å². The van der Waals surface area contributed by atoms with Crippen LogP contribution in [0, 0.1) is 18.7 Å². The van der Waals surface area contributed by atoms with E-state index in [9.17, 15) is 9.18 Å². The Morgan fingerprint density at radius 1 is 1.11 bits per heavy atom. The zero-order valence-electron chi connectivity index (χ0n) is 15.3. The molecule has 0 saturated carbocycles. The second-order valence-corrected chi connectivity index (χ2v) is 7.35. The van der Waals surface area contributed by atoms with E-state index in [0.717, 1.165) is 16.8 Å². The lowest BCUT2D eigenvalue weighted by atomic mass is 9.75. The number of allylic oxidation sites excluding steroid dienone is 2. The zero-order valence-corrected chi connectivity index (χ0v) is 15.3. The number of carbonyl (C=O) groups is 1. The number of benzene rings is 2. The van der Waals surface area contributed by atoms with E-state index in [1.165, 1.54) is 12.4 Å². The average Bonchev–Trinajstić information content (AvgIpc) is 3.15. The molecule has 1 aliphatic carbocycles. The normalized spacial score (nSPS) is 23.4. The van der Waals surface area contributed by atoms with Crippen molar-refractivity contribution in [2.45, 2.75) is 25.3 Å². The third kappa shape index (κ3) is 2.56. The SMILES string of the molecule is Cc1ccccc1[C@@H]1C=C2Nc3ncnn3[C@@H](c3ccccc3F)[C@@H]2C(=O)C1. The van der Waals surface area contributed by atoms with Gasteiger partial charge in [-0.3, -0.25) is 4.79 Å². The lowest BCUT2D eigenvalue weighted by Gasteiger charge is -2.38. The molecule has 1 aromatic heterocycles. The first kappa shape index (κ1) is 16.9. The molecule has 3 aromatic rings. The van der Waals surface area contributed by atoms with Crippen molar-refractivity contribution in [1.29, 1.82) is 0 Å². The van der Waals surface area contributed by atoms with Crippen LogP contribution < -0.4 is 5.32 Å². The number of nitrogens with one attached hydrogen (secondary N) is 1. The molecule has 0 saturated heterocycles. The molecule has 140 valence electrons. The minimum absolute atomic E-state index is 0.0109. The van der Waals surface area contributed by atoms with Gasteiger partial charge >= 0.3 is 0 Å². The minimum atomic E-state index is -0.545. The van der Waals surface area contributed by atoms with Gasteiger partial charge in [0.1, 0.15) is 17.9 Å². The third-order valence-electron chi connectivity index (χ3n) is 5.70. The van der Waals surface area contributed by atoms with Gasteiger partial charge < -0.3 is 5.32 Å². The van der Waals surface area contributed by atoms with Crippen LogP contribution in [0.4, 0.5) is 10.3 Å². The number of aromatic nitrogens is 3. The first-order chi connectivity index (χ1) is 13.6. The van der Waals surface area contributed by atoms with Crippen LogP contribution in [0.2, 0.25) is 0 Å². The van der Waals surface area contributed by atoms with Crippen LogP contribution in [0.15, 0.2) is 66.6 Å². The molecule has 5 rings (SSSR count). The van der Waals surface area contributed by atoms with Gasteiger partial charge in [0.15, 0.2) is 0 Å². The number of rotatable bonds is 2. The zero-order chi connectivity index (χ0) is 19.3. The molecule has 2 aliphatic rings. The lowest BCUT2D eigenvalue weighted by molar-refractivity contribution is -0.123. The van der Waals surface area contributed by atoms with Gasteiger partial charge in [-0.25, -0.2) is 9.07 Å². The number of carbonyl (C=O) groups excluding carboxylic acids is 1. The first-order valence-electron chi connectivity index (χ1n) is 9.34. The van der Waals surface area contributed by atoms with Gasteiger partial charge in [0.05, 0.1) is 12.0 Å². The number of hydrogen-bond acceptors (Lipinski definition) is 4. The second kappa shape index (κ2) is 6.41. The van der Waals surface area contributed by atoms with Gasteiger partial charge in [-0.15, -0.1) is 0 Å². The monoisotopic (exact) mass is 374 g/mol. The predicted octanol–water partition coefficient (Wildman–Crippen LogP) is 4.00. The summed E-state index contributed by atoms with van der Waals surface area (Å²) in [4.78, 5) is 17.5. The summed E-state index contributed by atoms with van der Waals surface area (Å²) in [5, 5.41) is 7.52. The van der Waals surface area contributed by atoms with E-state index in [0.29, 0.717) is 17.9 Å². The van der Waals surface area contributed by atoms with Crippen molar-refractivity contribution in [3.05, 3.63) is 89.1 Å². The molecule has 0 amide bonds. The Morgan fingerprint density at radius 3 is 2.64 bits per heavy atom. The number of anilines is 1. The summed E-state index contributed by atoms with van der Waals surface area (Å²) >= 11 is 0. The van der Waals surface area contributed by atoms with Gasteiger partial charge in [0.2, 0.25) is 5.95 Å². The molecular formula is C22H19FN4O. The van der Waals surface area contributed by atoms with Crippen molar-refractivity contribution in [1.82, 2.24) is 14.8 Å². The van der Waals surface area contributed by atoms with Crippen LogP contribution >= 0.6 is 0 Å². The predicted molar refractivity (Wildman–Crippen MR) is 103 cm³/mol. The maximum Gasteiger partial charge on any atom is 0.226 e. The Kier molecular flexibility index (Phi) is 3.86. The summed E-state index contributed by atoms with van der Waals surface area (Å²) in [6, 6.07) is 14.1. The molecule has 6 heteroatoms. The smallest absolute Gasteiger partial charge is 0.226 e. The number of hydrogen-bond donors (Lipinski definition) is 1. The number of aryl methyl sites for hydroxylation is 1. The van der Waals surface area contributed by atoms with E-state index >= 15 is 0 Å². The molecule has 1 aliphatic heterocycles. The Morgan fingerprint density at radius 2 is 1.86 bits per heavy atom. The highest BCUT2D eigenvalue weighted by Crippen LogP contribution is 2.44. The number of fused-ring (bicyclic) bond motifs is 2. The van der Waals surface area contributed by atoms with Crippen LogP contribution in [0.1, 0.15) is 35.1 Å². The van der Waals surface area contributed by atoms with Gasteiger partial charge in [-0.1, -0.05) is 48.5 Å². The molecule has 3 atom stereocenters. The molecule has 0 bridgehead atoms. The molecule has 0 unspecified atom stereocenters. The van der Waals surface area contributed by atoms with Crippen molar-refractivity contribution in [2.75, 3.05) is 5.32 Å². The van der Waals surface area contributed by atoms with Crippen molar-refractivity contribution < 1.29 is 9.18 Å². The Labute approximate surface area is 161 Å². The minimum Gasteiger partial charge on any atom is -0.328 e. The van der Waals surface area contributed by atoms with Crippen molar-refractivity contribution in [3.63, 3.8) is 0 Å². The maximum atomic E-state index is 14.6. The second-order valence-electron chi connectivity index (χ2n) is 7.35. The van der Waals surface area contributed by atoms with E-state index < -0.39 is 12.0 Å². The standard InChI is InChI=1S/C22H19FN4O/c1-13-6-2-3-7-15(13)14-10-18-20(19(28)11-14)21(16-8-4-5-9-17(16)23)27-22(26-18)24-12-25-27/h2-10,12,14,20-21H,11H2,1H3,(H,24,25,26)/t14-,20+,21+/m1/s1. The van der Waals surface area contributed by atoms with Crippen LogP contribution in [0.5, 0.6) is 0 Å². The van der Waals surface area contributed by atoms with Crippen LogP contribution in [-0.4, -0.2) is 20.5 Å². The third-order valence-corrected chi connectivity index (χ3v) is 5.70. The van der Waals surface area contributed by atoms with Crippen molar-refractivity contribution >= 4 is 11.7 Å². The highest BCUT2D eigenvalue weighted by Gasteiger charge is 2.44. The van der Waals surface area contributed by atoms with Crippen LogP contribution in [-0.2, 0) is 4.79 Å². The van der Waals surface area contributed by atoms with E-state index in [4.69, 9.17) is 0 Å². The number of ketones is 1. The maximum absolute atomic E-state index is 14.6. The molecule has 2 heterocycles. The first-order valence-corrected chi connectivity index (χ1v) is 9.34. The summed E-state index contributed by atoms with van der Waals surface area (Å²) in [5.41, 5.74) is 3.52. The summed E-state index contributed by atoms with van der Waals surface area (Å²) in [6.07, 6.45) is 3.91. The van der Waals surface area contributed by atoms with E-state index in [2.05, 4.69) is 40.5 Å². The van der Waals surface area contributed by atoms with Crippen LogP contribution in [0.25, 0.3) is 0 Å². The van der Waals surface area contributed by atoms with E-state index in [1.807, 2.05) is 12.1 Å². The molecule has 28 heavy (non-hydrogen) atoms. The lowest BCUT2D eigenvalue weighted by Crippen LogP contribution is -2.40. The fourth-order valence-electron chi connectivity index (χ4n) is 4.40. The molecule has 1 N–H and O–H groups in total. The average molecular weight is 374 g/mol. The Hall–Kier alpha value is -3.28. The Balaban J connectivity index is 1.65. The number of Topliss-reactive ketones (excluding diaryl/α,β-unsaturated/α-hetero) is 1. The number of halogens is 1. The molecule has 2 aromatic carbocycles. The summed E-state index contributed by atoms with van der Waals surface area (Å²) in [6.45, 7) is 2.05. The van der Waals surface area contributed by atoms with Gasteiger partial charge in [0.25, 0.3) is 0 Å². The molecule has 0 spiro atoms. The largest absolute Gasteiger partial charge is 0.328 e. The van der Waals surface area contributed by atoms with Gasteiger partial charge in [-0.05, 0) is 24.1 Å². The highest BCUT2D eigenvalue weighted by atomic mass is 19.1. The van der Waals surface area contributed by atoms with Gasteiger partial charge in [0, 0.05) is 23.6 Å². The fourth-order valence-corrected chi connectivity index (χ4v) is 4.40. The van der Waals surface area contributed by atoms with Crippen LogP contribution in [0.3, 0.4) is 0 Å². The Bertz CT molecular complexity index is 1100. The molecule has 0 fully saturated rings. The fraction of sp³-hybridized carbons (Fsp3) is 0.227. The van der Waals surface area contributed by atoms with E-state index in [-0.39, 0.29) is 17.5 Å². The van der Waals surface area contributed by atoms with Gasteiger partial charge in [-0.2, -0.15) is 10.1 Å². The molecular weight excluding hydrogens is 355 g/mol. The highest BCUT2D eigenvalue weighted by molar-refractivity contribution is 5.88. The molecule has 0 radical (unpaired) electrons. The summed E-state index contributed by atoms with van der Waals surface area (Å²) in [5.74, 6) is -0.264. The summed E-state index contributed by atoms with van der Waals surface area (Å²) in [7, 11) is 0. The van der Waals surface area contributed by atoms with Crippen molar-refractivity contribution in [2.24, 2.45) is 5.92 Å². The summed E-state index contributed by atoms with van der Waals surface area (Å²) < 4.78 is 16.3.